The quantitative estimate of drug-likeness (QED) is 0.622. The molecule has 0 aromatic heterocycles. The van der Waals surface area contributed by atoms with E-state index in [0.717, 1.165) is 36.0 Å². The summed E-state index contributed by atoms with van der Waals surface area (Å²) in [5.74, 6) is 1.33. The van der Waals surface area contributed by atoms with Crippen molar-refractivity contribution in [3.63, 3.8) is 0 Å². The van der Waals surface area contributed by atoms with E-state index in [4.69, 9.17) is 9.47 Å². The van der Waals surface area contributed by atoms with Crippen LogP contribution in [0.1, 0.15) is 44.2 Å². The van der Waals surface area contributed by atoms with Crippen LogP contribution in [0.15, 0.2) is 71.8 Å². The second-order valence-electron chi connectivity index (χ2n) is 7.48. The molecule has 2 heterocycles. The topological polar surface area (TPSA) is 58.9 Å². The number of hydrogen-bond donors (Lipinski definition) is 2. The van der Waals surface area contributed by atoms with Crippen molar-refractivity contribution in [2.45, 2.75) is 38.7 Å². The van der Waals surface area contributed by atoms with Crippen LogP contribution >= 0.6 is 0 Å². The summed E-state index contributed by atoms with van der Waals surface area (Å²) in [4.78, 5) is 0. The molecule has 2 aliphatic heterocycles. The van der Waals surface area contributed by atoms with Crippen LogP contribution in [-0.2, 0) is 10.3 Å². The zero-order valence-corrected chi connectivity index (χ0v) is 16.8. The van der Waals surface area contributed by atoms with Gasteiger partial charge in [0.05, 0.1) is 6.61 Å². The number of aromatic hydroxyl groups is 2. The molecule has 2 aliphatic rings. The van der Waals surface area contributed by atoms with Gasteiger partial charge in [-0.25, -0.2) is 0 Å². The van der Waals surface area contributed by atoms with Crippen LogP contribution < -0.4 is 4.74 Å². The van der Waals surface area contributed by atoms with Gasteiger partial charge in [0.2, 0.25) is 0 Å². The smallest absolute Gasteiger partial charge is 0.147 e. The highest BCUT2D eigenvalue weighted by molar-refractivity contribution is 5.64. The first-order chi connectivity index (χ1) is 14.1. The fourth-order valence-electron chi connectivity index (χ4n) is 4.12. The minimum Gasteiger partial charge on any atom is -0.508 e. The van der Waals surface area contributed by atoms with E-state index in [1.165, 1.54) is 5.57 Å². The van der Waals surface area contributed by atoms with Gasteiger partial charge in [-0.1, -0.05) is 37.6 Å². The van der Waals surface area contributed by atoms with Crippen LogP contribution in [0.3, 0.4) is 0 Å². The third kappa shape index (κ3) is 3.34. The summed E-state index contributed by atoms with van der Waals surface area (Å²) in [5, 5.41) is 20.0. The number of fused-ring (bicyclic) bond motifs is 4. The monoisotopic (exact) mass is 390 g/mol. The van der Waals surface area contributed by atoms with Crippen LogP contribution in [0.5, 0.6) is 23.0 Å². The van der Waals surface area contributed by atoms with E-state index >= 15 is 0 Å². The molecule has 150 valence electrons. The van der Waals surface area contributed by atoms with Gasteiger partial charge in [0.25, 0.3) is 0 Å². The molecule has 1 saturated heterocycles. The Bertz CT molecular complexity index is 962. The largest absolute Gasteiger partial charge is 0.508 e. The summed E-state index contributed by atoms with van der Waals surface area (Å²) in [6, 6.07) is 10.3. The summed E-state index contributed by atoms with van der Waals surface area (Å²) >= 11 is 0. The number of ether oxygens (including phenoxy) is 2. The van der Waals surface area contributed by atoms with Crippen molar-refractivity contribution < 1.29 is 19.7 Å². The summed E-state index contributed by atoms with van der Waals surface area (Å²) in [6.45, 7) is 4.68. The number of phenols is 2. The van der Waals surface area contributed by atoms with Gasteiger partial charge in [0, 0.05) is 23.3 Å². The maximum atomic E-state index is 10.0. The molecule has 0 radical (unpaired) electrons. The molecular formula is C25H26O4. The highest BCUT2D eigenvalue weighted by Gasteiger charge is 2.48. The normalized spacial score (nSPS) is 20.1. The van der Waals surface area contributed by atoms with Gasteiger partial charge in [-0.3, -0.25) is 0 Å². The van der Waals surface area contributed by atoms with Gasteiger partial charge in [-0.15, -0.1) is 0 Å². The lowest BCUT2D eigenvalue weighted by Gasteiger charge is -2.45. The summed E-state index contributed by atoms with van der Waals surface area (Å²) in [6.07, 6.45) is 11.3. The second-order valence-corrected chi connectivity index (χ2v) is 7.48. The molecule has 2 aromatic rings. The van der Waals surface area contributed by atoms with Crippen molar-refractivity contribution in [2.75, 3.05) is 6.61 Å². The van der Waals surface area contributed by atoms with E-state index in [9.17, 15) is 10.2 Å². The molecule has 4 rings (SSSR count). The van der Waals surface area contributed by atoms with Gasteiger partial charge in [-0.05, 0) is 55.2 Å². The lowest BCUT2D eigenvalue weighted by Crippen LogP contribution is -2.40. The molecule has 4 nitrogen and oxygen atoms in total. The molecule has 29 heavy (non-hydrogen) atoms. The Hall–Kier alpha value is -2.98. The third-order valence-electron chi connectivity index (χ3n) is 5.46. The van der Waals surface area contributed by atoms with E-state index in [1.54, 1.807) is 24.3 Å². The molecule has 4 heteroatoms. The van der Waals surface area contributed by atoms with Gasteiger partial charge in [-0.2, -0.15) is 0 Å². The maximum absolute atomic E-state index is 10.0. The lowest BCUT2D eigenvalue weighted by molar-refractivity contribution is 0.00123. The first-order valence-corrected chi connectivity index (χ1v) is 10.1. The number of unbranched alkanes of at least 4 members (excludes halogenated alkanes) is 1. The van der Waals surface area contributed by atoms with Crippen molar-refractivity contribution in [1.82, 2.24) is 0 Å². The lowest BCUT2D eigenvalue weighted by atomic mass is 9.73. The predicted octanol–water partition coefficient (Wildman–Crippen LogP) is 6.10. The van der Waals surface area contributed by atoms with Gasteiger partial charge < -0.3 is 19.7 Å². The van der Waals surface area contributed by atoms with Crippen molar-refractivity contribution in [3.8, 4) is 23.0 Å². The van der Waals surface area contributed by atoms with E-state index in [0.29, 0.717) is 18.1 Å². The fraction of sp³-hybridized carbons (Fsp3) is 0.280. The van der Waals surface area contributed by atoms with E-state index in [1.807, 2.05) is 31.2 Å². The molecule has 0 amide bonds. The highest BCUT2D eigenvalue weighted by atomic mass is 16.5. The van der Waals surface area contributed by atoms with Gasteiger partial charge >= 0.3 is 0 Å². The minimum absolute atomic E-state index is 0.126. The average molecular weight is 390 g/mol. The minimum atomic E-state index is -0.826. The van der Waals surface area contributed by atoms with E-state index in [2.05, 4.69) is 19.1 Å². The first-order valence-electron chi connectivity index (χ1n) is 10.1. The SMILES string of the molecule is C/C=C\C=C1/C/C(=C\CCC)COC12c1ccc(O)cc1Oc1cc(O)ccc12. The van der Waals surface area contributed by atoms with Gasteiger partial charge in [0.1, 0.15) is 28.6 Å². The molecule has 0 unspecified atom stereocenters. The summed E-state index contributed by atoms with van der Waals surface area (Å²) < 4.78 is 12.7. The summed E-state index contributed by atoms with van der Waals surface area (Å²) in [7, 11) is 0. The molecule has 1 fully saturated rings. The Morgan fingerprint density at radius 1 is 1.03 bits per heavy atom. The van der Waals surface area contributed by atoms with Crippen LogP contribution in [0.25, 0.3) is 0 Å². The van der Waals surface area contributed by atoms with E-state index in [-0.39, 0.29) is 11.5 Å². The number of phenolic OH excluding ortho intramolecular Hbond substituents is 2. The third-order valence-corrected chi connectivity index (χ3v) is 5.46. The van der Waals surface area contributed by atoms with Gasteiger partial charge in [0.15, 0.2) is 0 Å². The van der Waals surface area contributed by atoms with Crippen LogP contribution in [0.4, 0.5) is 0 Å². The zero-order chi connectivity index (χ0) is 20.4. The first kappa shape index (κ1) is 19.3. The van der Waals surface area contributed by atoms with Crippen molar-refractivity contribution in [2.24, 2.45) is 0 Å². The second kappa shape index (κ2) is 7.80. The molecule has 2 N–H and O–H groups in total. The highest BCUT2D eigenvalue weighted by Crippen LogP contribution is 2.56. The molecule has 0 aliphatic carbocycles. The molecule has 0 saturated carbocycles. The Morgan fingerprint density at radius 2 is 1.69 bits per heavy atom. The summed E-state index contributed by atoms with van der Waals surface area (Å²) in [5.41, 5.74) is 3.26. The van der Waals surface area contributed by atoms with Crippen molar-refractivity contribution in [3.05, 3.63) is 83.0 Å². The van der Waals surface area contributed by atoms with Crippen molar-refractivity contribution >= 4 is 0 Å². The Labute approximate surface area is 171 Å². The molecule has 0 atom stereocenters. The molecule has 0 bridgehead atoms. The average Bonchev–Trinajstić information content (AvgIpc) is 2.71. The number of hydrogen-bond acceptors (Lipinski definition) is 4. The Balaban J connectivity index is 1.95. The Morgan fingerprint density at radius 3 is 2.28 bits per heavy atom. The predicted molar refractivity (Wildman–Crippen MR) is 114 cm³/mol. The molecular weight excluding hydrogens is 364 g/mol. The number of rotatable bonds is 3. The molecule has 1 spiro atoms. The van der Waals surface area contributed by atoms with Crippen LogP contribution in [0, 0.1) is 0 Å². The van der Waals surface area contributed by atoms with Crippen molar-refractivity contribution in [1.29, 1.82) is 0 Å². The Kier molecular flexibility index (Phi) is 5.20. The molecule has 2 aromatic carbocycles. The number of allylic oxidation sites excluding steroid dienone is 4. The van der Waals surface area contributed by atoms with E-state index < -0.39 is 5.60 Å². The maximum Gasteiger partial charge on any atom is 0.147 e. The fourth-order valence-corrected chi connectivity index (χ4v) is 4.12. The van der Waals surface area contributed by atoms with Crippen LogP contribution in [0.2, 0.25) is 0 Å². The standard InChI is InChI=1S/C25H26O4/c1-3-5-7-17-13-18(8-6-4-2)25(28-16-17)21-11-9-19(26)14-23(21)29-24-15-20(27)10-12-22(24)25/h4,6-12,14-15,26-27H,3,5,13,16H2,1-2H3/b6-4-,17-7+,18-8+. The number of benzene rings is 2. The van der Waals surface area contributed by atoms with Crippen LogP contribution in [-0.4, -0.2) is 16.8 Å². The zero-order valence-electron chi connectivity index (χ0n) is 16.8.